The van der Waals surface area contributed by atoms with Crippen molar-refractivity contribution in [3.05, 3.63) is 29.3 Å². The van der Waals surface area contributed by atoms with Crippen LogP contribution in [-0.2, 0) is 10.1 Å². The maximum absolute atomic E-state index is 9.28. The SMILES string of the molecule is CN(CC1CCOCC1)c1ccc(CBr)cc1C#N. The van der Waals surface area contributed by atoms with Gasteiger partial charge in [-0.1, -0.05) is 22.0 Å². The molecule has 3 nitrogen and oxygen atoms in total. The van der Waals surface area contributed by atoms with E-state index in [0.29, 0.717) is 5.92 Å². The number of anilines is 1. The summed E-state index contributed by atoms with van der Waals surface area (Å²) in [6, 6.07) is 8.39. The van der Waals surface area contributed by atoms with Crippen LogP contribution in [0.25, 0.3) is 0 Å². The van der Waals surface area contributed by atoms with Crippen LogP contribution >= 0.6 is 15.9 Å². The van der Waals surface area contributed by atoms with Crippen molar-refractivity contribution in [1.29, 1.82) is 5.26 Å². The highest BCUT2D eigenvalue weighted by Gasteiger charge is 2.17. The highest BCUT2D eigenvalue weighted by Crippen LogP contribution is 2.24. The molecule has 1 aromatic carbocycles. The van der Waals surface area contributed by atoms with Crippen LogP contribution in [0.1, 0.15) is 24.0 Å². The quantitative estimate of drug-likeness (QED) is 0.798. The summed E-state index contributed by atoms with van der Waals surface area (Å²) in [5.41, 5.74) is 2.92. The third-order valence-corrected chi connectivity index (χ3v) is 4.27. The van der Waals surface area contributed by atoms with Crippen LogP contribution < -0.4 is 4.90 Å². The molecule has 0 spiro atoms. The Hall–Kier alpha value is -1.05. The van der Waals surface area contributed by atoms with E-state index >= 15 is 0 Å². The summed E-state index contributed by atoms with van der Waals surface area (Å²) < 4.78 is 5.39. The third kappa shape index (κ3) is 3.71. The van der Waals surface area contributed by atoms with Gasteiger partial charge >= 0.3 is 0 Å². The molecule has 2 rings (SSSR count). The number of ether oxygens (including phenoxy) is 1. The van der Waals surface area contributed by atoms with E-state index in [9.17, 15) is 5.26 Å². The topological polar surface area (TPSA) is 36.3 Å². The van der Waals surface area contributed by atoms with Gasteiger partial charge < -0.3 is 9.64 Å². The summed E-state index contributed by atoms with van der Waals surface area (Å²) in [5.74, 6) is 0.668. The monoisotopic (exact) mass is 322 g/mol. The molecule has 0 aromatic heterocycles. The minimum atomic E-state index is 0.668. The fourth-order valence-corrected chi connectivity index (χ4v) is 2.85. The molecular weight excluding hydrogens is 304 g/mol. The lowest BCUT2D eigenvalue weighted by Gasteiger charge is -2.29. The lowest BCUT2D eigenvalue weighted by molar-refractivity contribution is 0.0685. The first-order valence-electron chi connectivity index (χ1n) is 6.62. The second-order valence-corrected chi connectivity index (χ2v) is 5.59. The average molecular weight is 323 g/mol. The molecule has 19 heavy (non-hydrogen) atoms. The number of hydrogen-bond acceptors (Lipinski definition) is 3. The van der Waals surface area contributed by atoms with Crippen molar-refractivity contribution in [3.63, 3.8) is 0 Å². The number of halogens is 1. The number of hydrogen-bond donors (Lipinski definition) is 0. The maximum atomic E-state index is 9.28. The van der Waals surface area contributed by atoms with Crippen LogP contribution in [0.4, 0.5) is 5.69 Å². The first kappa shape index (κ1) is 14.4. The van der Waals surface area contributed by atoms with Crippen LogP contribution in [0.2, 0.25) is 0 Å². The normalized spacial score (nSPS) is 16.1. The van der Waals surface area contributed by atoms with Gasteiger partial charge in [0.05, 0.1) is 11.3 Å². The fraction of sp³-hybridized carbons (Fsp3) is 0.533. The zero-order valence-electron chi connectivity index (χ0n) is 11.2. The predicted octanol–water partition coefficient (Wildman–Crippen LogP) is 3.32. The van der Waals surface area contributed by atoms with Gasteiger partial charge in [0.15, 0.2) is 0 Å². The highest BCUT2D eigenvalue weighted by atomic mass is 79.9. The maximum Gasteiger partial charge on any atom is 0.101 e. The van der Waals surface area contributed by atoms with E-state index in [4.69, 9.17) is 4.74 Å². The Balaban J connectivity index is 2.09. The van der Waals surface area contributed by atoms with Gasteiger partial charge in [-0.05, 0) is 36.5 Å². The molecule has 1 aliphatic heterocycles. The van der Waals surface area contributed by atoms with E-state index in [1.807, 2.05) is 6.07 Å². The van der Waals surface area contributed by atoms with Gasteiger partial charge in [0.2, 0.25) is 0 Å². The van der Waals surface area contributed by atoms with Crippen LogP contribution in [0.5, 0.6) is 0 Å². The van der Waals surface area contributed by atoms with Crippen molar-refractivity contribution in [3.8, 4) is 6.07 Å². The molecule has 0 amide bonds. The van der Waals surface area contributed by atoms with Gasteiger partial charge in [-0.3, -0.25) is 0 Å². The number of nitrogens with zero attached hydrogens (tertiary/aromatic N) is 2. The Labute approximate surface area is 123 Å². The van der Waals surface area contributed by atoms with E-state index in [1.165, 1.54) is 0 Å². The van der Waals surface area contributed by atoms with Crippen molar-refractivity contribution in [2.24, 2.45) is 5.92 Å². The predicted molar refractivity (Wildman–Crippen MR) is 80.6 cm³/mol. The Morgan fingerprint density at radius 2 is 2.16 bits per heavy atom. The molecule has 102 valence electrons. The molecule has 1 aromatic rings. The van der Waals surface area contributed by atoms with E-state index in [2.05, 4.69) is 46.1 Å². The van der Waals surface area contributed by atoms with E-state index in [-0.39, 0.29) is 0 Å². The fourth-order valence-electron chi connectivity index (χ4n) is 2.50. The van der Waals surface area contributed by atoms with E-state index in [0.717, 1.165) is 54.7 Å². The minimum Gasteiger partial charge on any atom is -0.381 e. The van der Waals surface area contributed by atoms with Crippen molar-refractivity contribution in [2.75, 3.05) is 31.7 Å². The Kier molecular flexibility index (Phi) is 5.24. The Morgan fingerprint density at radius 1 is 1.42 bits per heavy atom. The first-order valence-corrected chi connectivity index (χ1v) is 7.74. The molecule has 0 N–H and O–H groups in total. The summed E-state index contributed by atoms with van der Waals surface area (Å²) in [4.78, 5) is 2.20. The van der Waals surface area contributed by atoms with Gasteiger partial charge in [-0.25, -0.2) is 0 Å². The lowest BCUT2D eigenvalue weighted by atomic mass is 9.99. The second kappa shape index (κ2) is 6.93. The number of benzene rings is 1. The van der Waals surface area contributed by atoms with Crippen LogP contribution in [-0.4, -0.2) is 26.8 Å². The zero-order valence-corrected chi connectivity index (χ0v) is 12.8. The number of rotatable bonds is 4. The zero-order chi connectivity index (χ0) is 13.7. The van der Waals surface area contributed by atoms with Crippen LogP contribution in [0.3, 0.4) is 0 Å². The molecule has 0 atom stereocenters. The molecule has 1 heterocycles. The summed E-state index contributed by atoms with van der Waals surface area (Å²) in [7, 11) is 2.07. The van der Waals surface area contributed by atoms with Crippen LogP contribution in [0, 0.1) is 17.2 Å². The molecule has 0 radical (unpaired) electrons. The molecule has 0 bridgehead atoms. The van der Waals surface area contributed by atoms with Gasteiger partial charge in [0.25, 0.3) is 0 Å². The standard InChI is InChI=1S/C15H19BrN2O/c1-18(11-12-4-6-19-7-5-12)15-3-2-13(9-16)8-14(15)10-17/h2-3,8,12H,4-7,9,11H2,1H3. The molecule has 0 unspecified atom stereocenters. The summed E-state index contributed by atoms with van der Waals surface area (Å²) in [6.07, 6.45) is 2.23. The highest BCUT2D eigenvalue weighted by molar-refractivity contribution is 9.08. The lowest BCUT2D eigenvalue weighted by Crippen LogP contribution is -2.30. The molecule has 1 aliphatic rings. The largest absolute Gasteiger partial charge is 0.381 e. The van der Waals surface area contributed by atoms with E-state index < -0.39 is 0 Å². The molecule has 4 heteroatoms. The molecule has 1 saturated heterocycles. The van der Waals surface area contributed by atoms with Gasteiger partial charge in [0.1, 0.15) is 6.07 Å². The Morgan fingerprint density at radius 3 is 2.79 bits per heavy atom. The van der Waals surface area contributed by atoms with Crippen molar-refractivity contribution in [1.82, 2.24) is 0 Å². The average Bonchev–Trinajstić information content (AvgIpc) is 2.47. The molecule has 0 aliphatic carbocycles. The first-order chi connectivity index (χ1) is 9.24. The number of alkyl halides is 1. The van der Waals surface area contributed by atoms with Gasteiger partial charge in [-0.2, -0.15) is 5.26 Å². The third-order valence-electron chi connectivity index (χ3n) is 3.62. The summed E-state index contributed by atoms with van der Waals surface area (Å²) in [5, 5.41) is 10.1. The molecule has 0 saturated carbocycles. The molecule has 1 fully saturated rings. The van der Waals surface area contributed by atoms with Crippen molar-refractivity contribution < 1.29 is 4.74 Å². The van der Waals surface area contributed by atoms with Gasteiger partial charge in [-0.15, -0.1) is 0 Å². The van der Waals surface area contributed by atoms with Crippen LogP contribution in [0.15, 0.2) is 18.2 Å². The number of nitriles is 1. The second-order valence-electron chi connectivity index (χ2n) is 5.03. The molecular formula is C15H19BrN2O. The van der Waals surface area contributed by atoms with Crippen molar-refractivity contribution in [2.45, 2.75) is 18.2 Å². The summed E-state index contributed by atoms with van der Waals surface area (Å²) >= 11 is 3.43. The minimum absolute atomic E-state index is 0.668. The van der Waals surface area contributed by atoms with Gasteiger partial charge in [0, 0.05) is 32.1 Å². The summed E-state index contributed by atoms with van der Waals surface area (Å²) in [6.45, 7) is 2.73. The smallest absolute Gasteiger partial charge is 0.101 e. The van der Waals surface area contributed by atoms with E-state index in [1.54, 1.807) is 0 Å². The Bertz CT molecular complexity index is 464. The van der Waals surface area contributed by atoms with Crippen molar-refractivity contribution >= 4 is 21.6 Å².